The van der Waals surface area contributed by atoms with Gasteiger partial charge in [0.1, 0.15) is 5.54 Å². The highest BCUT2D eigenvalue weighted by Crippen LogP contribution is 2.36. The van der Waals surface area contributed by atoms with Gasteiger partial charge in [-0.1, -0.05) is 60.7 Å². The van der Waals surface area contributed by atoms with Crippen LogP contribution in [-0.4, -0.2) is 36.1 Å². The van der Waals surface area contributed by atoms with Gasteiger partial charge in [0.05, 0.1) is 13.2 Å². The standard InChI is InChI=1S/C21H24N2O3/c1-16(18-11-7-4-8-12-18)22-20(25)23-14-13-21(23,19(24)26-2)15-17-9-5-3-6-10-17/h3-12,16H,13-15H2,1-2H3,(H,22,25)/t16-,21?/m0/s1. The van der Waals surface area contributed by atoms with Crippen molar-refractivity contribution in [1.82, 2.24) is 10.2 Å². The van der Waals surface area contributed by atoms with Gasteiger partial charge in [-0.3, -0.25) is 0 Å². The van der Waals surface area contributed by atoms with Crippen LogP contribution in [0.5, 0.6) is 0 Å². The zero-order valence-electron chi connectivity index (χ0n) is 15.1. The van der Waals surface area contributed by atoms with Crippen molar-refractivity contribution in [2.75, 3.05) is 13.7 Å². The molecular weight excluding hydrogens is 328 g/mol. The molecule has 0 aliphatic carbocycles. The molecule has 1 aliphatic rings. The van der Waals surface area contributed by atoms with E-state index in [-0.39, 0.29) is 18.0 Å². The second-order valence-electron chi connectivity index (χ2n) is 6.67. The maximum absolute atomic E-state index is 12.8. The number of benzene rings is 2. The molecule has 1 heterocycles. The van der Waals surface area contributed by atoms with Crippen LogP contribution in [0.1, 0.15) is 30.5 Å². The first kappa shape index (κ1) is 18.0. The Kier molecular flexibility index (Phi) is 5.26. The number of ether oxygens (including phenoxy) is 1. The van der Waals surface area contributed by atoms with Gasteiger partial charge >= 0.3 is 12.0 Å². The monoisotopic (exact) mass is 352 g/mol. The minimum Gasteiger partial charge on any atom is -0.467 e. The lowest BCUT2D eigenvalue weighted by atomic mass is 9.79. The molecule has 26 heavy (non-hydrogen) atoms. The van der Waals surface area contributed by atoms with Crippen LogP contribution in [0.25, 0.3) is 0 Å². The number of methoxy groups -OCH3 is 1. The molecule has 1 unspecified atom stereocenters. The average Bonchev–Trinajstić information content (AvgIpc) is 2.66. The molecule has 136 valence electrons. The van der Waals surface area contributed by atoms with Crippen molar-refractivity contribution in [1.29, 1.82) is 0 Å². The molecule has 0 spiro atoms. The summed E-state index contributed by atoms with van der Waals surface area (Å²) in [5.41, 5.74) is 1.09. The van der Waals surface area contributed by atoms with Gasteiger partial charge in [-0.05, 0) is 24.5 Å². The van der Waals surface area contributed by atoms with Crippen LogP contribution < -0.4 is 5.32 Å². The number of rotatable bonds is 5. The number of esters is 1. The maximum Gasteiger partial charge on any atom is 0.332 e. The first-order valence-electron chi connectivity index (χ1n) is 8.82. The van der Waals surface area contributed by atoms with E-state index in [1.165, 1.54) is 7.11 Å². The minimum atomic E-state index is -0.934. The van der Waals surface area contributed by atoms with Crippen LogP contribution in [0.3, 0.4) is 0 Å². The first-order chi connectivity index (χ1) is 12.6. The molecule has 1 saturated heterocycles. The Morgan fingerprint density at radius 1 is 1.12 bits per heavy atom. The Morgan fingerprint density at radius 3 is 2.27 bits per heavy atom. The second kappa shape index (κ2) is 7.60. The fourth-order valence-corrected chi connectivity index (χ4v) is 3.47. The number of carbonyl (C=O) groups excluding carboxylic acids is 2. The molecule has 2 aromatic carbocycles. The average molecular weight is 352 g/mol. The van der Waals surface area contributed by atoms with E-state index < -0.39 is 5.54 Å². The molecule has 5 heteroatoms. The summed E-state index contributed by atoms with van der Waals surface area (Å²) in [6.07, 6.45) is 1.05. The zero-order chi connectivity index (χ0) is 18.6. The fourth-order valence-electron chi connectivity index (χ4n) is 3.47. The van der Waals surface area contributed by atoms with E-state index in [2.05, 4.69) is 5.32 Å². The van der Waals surface area contributed by atoms with Crippen molar-refractivity contribution in [2.45, 2.75) is 31.3 Å². The summed E-state index contributed by atoms with van der Waals surface area (Å²) in [6.45, 7) is 2.47. The first-order valence-corrected chi connectivity index (χ1v) is 8.82. The molecule has 1 aliphatic heterocycles. The molecular formula is C21H24N2O3. The number of urea groups is 1. The molecule has 3 rings (SSSR count). The van der Waals surface area contributed by atoms with Gasteiger partial charge in [-0.15, -0.1) is 0 Å². The molecule has 2 aromatic rings. The SMILES string of the molecule is COC(=O)C1(Cc2ccccc2)CCN1C(=O)N[C@@H](C)c1ccccc1. The predicted octanol–water partition coefficient (Wildman–Crippen LogP) is 3.32. The summed E-state index contributed by atoms with van der Waals surface area (Å²) < 4.78 is 5.04. The number of nitrogens with zero attached hydrogens (tertiary/aromatic N) is 1. The van der Waals surface area contributed by atoms with E-state index in [1.807, 2.05) is 67.6 Å². The fraction of sp³-hybridized carbons (Fsp3) is 0.333. The lowest BCUT2D eigenvalue weighted by molar-refractivity contribution is -0.161. The molecule has 0 bridgehead atoms. The third-order valence-electron chi connectivity index (χ3n) is 5.06. The molecule has 0 radical (unpaired) electrons. The van der Waals surface area contributed by atoms with E-state index in [1.54, 1.807) is 4.90 Å². The highest BCUT2D eigenvalue weighted by molar-refractivity contribution is 5.90. The van der Waals surface area contributed by atoms with Gasteiger partial charge in [-0.2, -0.15) is 0 Å². The van der Waals surface area contributed by atoms with Crippen molar-refractivity contribution in [3.8, 4) is 0 Å². The van der Waals surface area contributed by atoms with Crippen molar-refractivity contribution in [3.63, 3.8) is 0 Å². The largest absolute Gasteiger partial charge is 0.467 e. The normalized spacial score (nSPS) is 20.0. The highest BCUT2D eigenvalue weighted by atomic mass is 16.5. The number of nitrogens with one attached hydrogen (secondary N) is 1. The predicted molar refractivity (Wildman–Crippen MR) is 99.6 cm³/mol. The number of likely N-dealkylation sites (tertiary alicyclic amines) is 1. The van der Waals surface area contributed by atoms with Gasteiger partial charge < -0.3 is 15.0 Å². The minimum absolute atomic E-state index is 0.142. The summed E-state index contributed by atoms with van der Waals surface area (Å²) in [5, 5.41) is 3.00. The second-order valence-corrected chi connectivity index (χ2v) is 6.67. The van der Waals surface area contributed by atoms with Crippen LogP contribution >= 0.6 is 0 Å². The van der Waals surface area contributed by atoms with Gasteiger partial charge in [0.15, 0.2) is 0 Å². The van der Waals surface area contributed by atoms with E-state index in [0.29, 0.717) is 19.4 Å². The molecule has 1 fully saturated rings. The Bertz CT molecular complexity index is 763. The number of carbonyl (C=O) groups is 2. The number of hydrogen-bond acceptors (Lipinski definition) is 3. The summed E-state index contributed by atoms with van der Waals surface area (Å²) in [4.78, 5) is 27.0. The summed E-state index contributed by atoms with van der Waals surface area (Å²) in [7, 11) is 1.37. The highest BCUT2D eigenvalue weighted by Gasteiger charge is 2.54. The third-order valence-corrected chi connectivity index (χ3v) is 5.06. The van der Waals surface area contributed by atoms with E-state index in [0.717, 1.165) is 11.1 Å². The Balaban J connectivity index is 1.77. The Morgan fingerprint density at radius 2 is 1.73 bits per heavy atom. The smallest absolute Gasteiger partial charge is 0.332 e. The van der Waals surface area contributed by atoms with Gasteiger partial charge in [0, 0.05) is 13.0 Å². The van der Waals surface area contributed by atoms with Crippen LogP contribution in [0.4, 0.5) is 4.79 Å². The molecule has 0 saturated carbocycles. The third kappa shape index (κ3) is 3.43. The zero-order valence-corrected chi connectivity index (χ0v) is 15.1. The summed E-state index contributed by atoms with van der Waals surface area (Å²) in [5.74, 6) is -0.366. The quantitative estimate of drug-likeness (QED) is 0.840. The van der Waals surface area contributed by atoms with Crippen molar-refractivity contribution in [3.05, 3.63) is 71.8 Å². The van der Waals surface area contributed by atoms with Crippen molar-refractivity contribution >= 4 is 12.0 Å². The Labute approximate surface area is 154 Å². The molecule has 0 aromatic heterocycles. The maximum atomic E-state index is 12.8. The molecule has 1 N–H and O–H groups in total. The van der Waals surface area contributed by atoms with Crippen molar-refractivity contribution < 1.29 is 14.3 Å². The topological polar surface area (TPSA) is 58.6 Å². The molecule has 5 nitrogen and oxygen atoms in total. The summed E-state index contributed by atoms with van der Waals surface area (Å²) in [6, 6.07) is 19.1. The van der Waals surface area contributed by atoms with E-state index in [4.69, 9.17) is 4.74 Å². The lowest BCUT2D eigenvalue weighted by Gasteiger charge is -2.50. The number of amides is 2. The number of hydrogen-bond donors (Lipinski definition) is 1. The van der Waals surface area contributed by atoms with Crippen LogP contribution in [0, 0.1) is 0 Å². The van der Waals surface area contributed by atoms with Crippen LogP contribution in [0.2, 0.25) is 0 Å². The van der Waals surface area contributed by atoms with E-state index >= 15 is 0 Å². The lowest BCUT2D eigenvalue weighted by Crippen LogP contribution is -2.69. The van der Waals surface area contributed by atoms with Gasteiger partial charge in [0.25, 0.3) is 0 Å². The summed E-state index contributed by atoms with van der Waals surface area (Å²) >= 11 is 0. The van der Waals surface area contributed by atoms with Gasteiger partial charge in [0.2, 0.25) is 0 Å². The van der Waals surface area contributed by atoms with Crippen molar-refractivity contribution in [2.24, 2.45) is 0 Å². The van der Waals surface area contributed by atoms with Gasteiger partial charge in [-0.25, -0.2) is 9.59 Å². The van der Waals surface area contributed by atoms with E-state index in [9.17, 15) is 9.59 Å². The van der Waals surface area contributed by atoms with Crippen LogP contribution in [-0.2, 0) is 16.0 Å². The molecule has 2 atom stereocenters. The Hall–Kier alpha value is -2.82. The van der Waals surface area contributed by atoms with Crippen LogP contribution in [0.15, 0.2) is 60.7 Å². The molecule has 2 amide bonds.